The summed E-state index contributed by atoms with van der Waals surface area (Å²) in [7, 11) is -4.00. The van der Waals surface area contributed by atoms with E-state index in [1.165, 1.54) is 42.7 Å². The number of carbonyl (C=O) groups is 2. The minimum Gasteiger partial charge on any atom is -0.382 e. The standard InChI is InChI=1S/C18H15FN6O4S/c1-10(26)25-30(28,29)12-4-2-11(3-5-12)23-18(27)16-17(20)22-9-15(24-16)13-6-7-21-8-14(13)19/h2-9H,1H3,(H2,20,22)(H,23,27)(H,25,26). The molecular weight excluding hydrogens is 415 g/mol. The van der Waals surface area contributed by atoms with Crippen molar-refractivity contribution in [1.29, 1.82) is 0 Å². The molecule has 0 atom stereocenters. The molecule has 0 aliphatic heterocycles. The van der Waals surface area contributed by atoms with Crippen LogP contribution in [0.25, 0.3) is 11.3 Å². The molecule has 0 aliphatic carbocycles. The van der Waals surface area contributed by atoms with Crippen molar-refractivity contribution in [2.45, 2.75) is 11.8 Å². The first-order valence-corrected chi connectivity index (χ1v) is 9.83. The van der Waals surface area contributed by atoms with Gasteiger partial charge in [-0.25, -0.2) is 27.5 Å². The number of aromatic nitrogens is 3. The van der Waals surface area contributed by atoms with Gasteiger partial charge in [0.05, 0.1) is 23.0 Å². The monoisotopic (exact) mass is 430 g/mol. The van der Waals surface area contributed by atoms with E-state index < -0.39 is 27.7 Å². The number of sulfonamides is 1. The lowest BCUT2D eigenvalue weighted by Gasteiger charge is -2.09. The van der Waals surface area contributed by atoms with Gasteiger partial charge in [-0.15, -0.1) is 0 Å². The highest BCUT2D eigenvalue weighted by molar-refractivity contribution is 7.90. The van der Waals surface area contributed by atoms with Crippen molar-refractivity contribution in [3.8, 4) is 11.3 Å². The fourth-order valence-electron chi connectivity index (χ4n) is 2.43. The molecule has 3 aromatic rings. The topological polar surface area (TPSA) is 157 Å². The van der Waals surface area contributed by atoms with Crippen LogP contribution in [0.2, 0.25) is 0 Å². The second-order valence-electron chi connectivity index (χ2n) is 5.98. The fourth-order valence-corrected chi connectivity index (χ4v) is 3.42. The second kappa shape index (κ2) is 8.21. The molecule has 0 fully saturated rings. The van der Waals surface area contributed by atoms with Gasteiger partial charge in [0.2, 0.25) is 5.91 Å². The summed E-state index contributed by atoms with van der Waals surface area (Å²) >= 11 is 0. The van der Waals surface area contributed by atoms with Gasteiger partial charge in [-0.3, -0.25) is 14.6 Å². The molecular formula is C18H15FN6O4S. The van der Waals surface area contributed by atoms with E-state index in [0.29, 0.717) is 0 Å². The number of nitrogens with zero attached hydrogens (tertiary/aromatic N) is 3. The van der Waals surface area contributed by atoms with Gasteiger partial charge in [0.15, 0.2) is 17.3 Å². The molecule has 4 N–H and O–H groups in total. The molecule has 0 aliphatic rings. The Labute approximate surface area is 170 Å². The van der Waals surface area contributed by atoms with Crippen LogP contribution in [0.15, 0.2) is 53.8 Å². The van der Waals surface area contributed by atoms with Gasteiger partial charge in [0.1, 0.15) is 0 Å². The maximum Gasteiger partial charge on any atom is 0.278 e. The molecule has 2 amide bonds. The SMILES string of the molecule is CC(=O)NS(=O)(=O)c1ccc(NC(=O)c2nc(-c3ccncc3F)cnc2N)cc1. The minimum absolute atomic E-state index is 0.0889. The first kappa shape index (κ1) is 20.8. The Morgan fingerprint density at radius 3 is 2.43 bits per heavy atom. The number of carbonyl (C=O) groups excluding carboxylic acids is 2. The number of nitrogens with one attached hydrogen (secondary N) is 2. The summed E-state index contributed by atoms with van der Waals surface area (Å²) in [5.74, 6) is -2.27. The van der Waals surface area contributed by atoms with Crippen LogP contribution in [-0.4, -0.2) is 35.2 Å². The highest BCUT2D eigenvalue weighted by atomic mass is 32.2. The van der Waals surface area contributed by atoms with Crippen molar-refractivity contribution in [3.63, 3.8) is 0 Å². The van der Waals surface area contributed by atoms with E-state index in [2.05, 4.69) is 20.3 Å². The van der Waals surface area contributed by atoms with Crippen molar-refractivity contribution in [1.82, 2.24) is 19.7 Å². The van der Waals surface area contributed by atoms with Gasteiger partial charge >= 0.3 is 0 Å². The predicted octanol–water partition coefficient (Wildman–Crippen LogP) is 1.34. The molecule has 0 unspecified atom stereocenters. The number of hydrogen-bond donors (Lipinski definition) is 3. The van der Waals surface area contributed by atoms with Crippen LogP contribution < -0.4 is 15.8 Å². The second-order valence-corrected chi connectivity index (χ2v) is 7.67. The Hall–Kier alpha value is -3.93. The lowest BCUT2D eigenvalue weighted by molar-refractivity contribution is -0.117. The maximum atomic E-state index is 13.9. The zero-order valence-corrected chi connectivity index (χ0v) is 16.3. The van der Waals surface area contributed by atoms with E-state index in [1.54, 1.807) is 0 Å². The molecule has 0 bridgehead atoms. The Bertz CT molecular complexity index is 1230. The molecule has 2 heterocycles. The van der Waals surface area contributed by atoms with Crippen LogP contribution in [0, 0.1) is 5.82 Å². The van der Waals surface area contributed by atoms with Crippen LogP contribution in [-0.2, 0) is 14.8 Å². The molecule has 1 aromatic carbocycles. The predicted molar refractivity (Wildman–Crippen MR) is 105 cm³/mol. The first-order valence-electron chi connectivity index (χ1n) is 8.34. The van der Waals surface area contributed by atoms with Gasteiger partial charge in [-0.1, -0.05) is 0 Å². The molecule has 10 nitrogen and oxygen atoms in total. The Balaban J connectivity index is 1.84. The molecule has 0 radical (unpaired) electrons. The van der Waals surface area contributed by atoms with Crippen molar-refractivity contribution in [2.75, 3.05) is 11.1 Å². The van der Waals surface area contributed by atoms with E-state index in [0.717, 1.165) is 13.1 Å². The molecule has 0 spiro atoms. The minimum atomic E-state index is -4.00. The van der Waals surface area contributed by atoms with Gasteiger partial charge in [-0.2, -0.15) is 0 Å². The van der Waals surface area contributed by atoms with Crippen molar-refractivity contribution in [2.24, 2.45) is 0 Å². The number of amides is 2. The maximum absolute atomic E-state index is 13.9. The number of halogens is 1. The molecule has 12 heteroatoms. The summed E-state index contributed by atoms with van der Waals surface area (Å²) in [4.78, 5) is 35.0. The Morgan fingerprint density at radius 1 is 1.10 bits per heavy atom. The van der Waals surface area contributed by atoms with E-state index in [4.69, 9.17) is 5.73 Å². The number of nitrogen functional groups attached to an aromatic ring is 1. The molecule has 30 heavy (non-hydrogen) atoms. The summed E-state index contributed by atoms with van der Waals surface area (Å²) in [6.07, 6.45) is 3.60. The number of nitrogens with two attached hydrogens (primary N) is 1. The smallest absolute Gasteiger partial charge is 0.278 e. The average molecular weight is 430 g/mol. The summed E-state index contributed by atoms with van der Waals surface area (Å²) in [6, 6.07) is 6.44. The van der Waals surface area contributed by atoms with Gasteiger partial charge < -0.3 is 11.1 Å². The molecule has 3 rings (SSSR count). The lowest BCUT2D eigenvalue weighted by atomic mass is 10.2. The van der Waals surface area contributed by atoms with Crippen molar-refractivity contribution < 1.29 is 22.4 Å². The number of rotatable bonds is 5. The van der Waals surface area contributed by atoms with Crippen LogP contribution in [0.5, 0.6) is 0 Å². The van der Waals surface area contributed by atoms with Crippen LogP contribution in [0.1, 0.15) is 17.4 Å². The van der Waals surface area contributed by atoms with E-state index in [9.17, 15) is 22.4 Å². The largest absolute Gasteiger partial charge is 0.382 e. The fraction of sp³-hybridized carbons (Fsp3) is 0.0556. The average Bonchev–Trinajstić information content (AvgIpc) is 2.68. The first-order chi connectivity index (χ1) is 14.2. The summed E-state index contributed by atoms with van der Waals surface area (Å²) in [5, 5.41) is 2.50. The quantitative estimate of drug-likeness (QED) is 0.547. The van der Waals surface area contributed by atoms with Crippen LogP contribution in [0.4, 0.5) is 15.9 Å². The summed E-state index contributed by atoms with van der Waals surface area (Å²) < 4.78 is 39.7. The van der Waals surface area contributed by atoms with Crippen molar-refractivity contribution >= 4 is 33.3 Å². The Kier molecular flexibility index (Phi) is 5.69. The number of anilines is 2. The van der Waals surface area contributed by atoms with E-state index in [1.807, 2.05) is 4.72 Å². The third kappa shape index (κ3) is 4.55. The number of pyridine rings is 1. The van der Waals surface area contributed by atoms with Crippen LogP contribution >= 0.6 is 0 Å². The third-order valence-corrected chi connectivity index (χ3v) is 5.21. The van der Waals surface area contributed by atoms with E-state index >= 15 is 0 Å². The molecule has 0 saturated heterocycles. The Morgan fingerprint density at radius 2 is 1.80 bits per heavy atom. The van der Waals surface area contributed by atoms with Gasteiger partial charge in [-0.05, 0) is 30.3 Å². The zero-order valence-electron chi connectivity index (χ0n) is 15.5. The summed E-state index contributed by atoms with van der Waals surface area (Å²) in [6.45, 7) is 1.07. The number of hydrogen-bond acceptors (Lipinski definition) is 8. The summed E-state index contributed by atoms with van der Waals surface area (Å²) in [5.41, 5.74) is 5.91. The highest BCUT2D eigenvalue weighted by Crippen LogP contribution is 2.21. The van der Waals surface area contributed by atoms with Crippen molar-refractivity contribution in [3.05, 3.63) is 60.4 Å². The highest BCUT2D eigenvalue weighted by Gasteiger charge is 2.18. The lowest BCUT2D eigenvalue weighted by Crippen LogP contribution is -2.28. The molecule has 2 aromatic heterocycles. The van der Waals surface area contributed by atoms with Crippen LogP contribution in [0.3, 0.4) is 0 Å². The van der Waals surface area contributed by atoms with Gasteiger partial charge in [0.25, 0.3) is 15.9 Å². The normalized spacial score (nSPS) is 11.0. The van der Waals surface area contributed by atoms with E-state index in [-0.39, 0.29) is 33.4 Å². The molecule has 154 valence electrons. The number of benzene rings is 1. The third-order valence-electron chi connectivity index (χ3n) is 3.76. The molecule has 0 saturated carbocycles. The van der Waals surface area contributed by atoms with Gasteiger partial charge in [0, 0.05) is 24.4 Å². The zero-order chi connectivity index (χ0) is 21.9.